The summed E-state index contributed by atoms with van der Waals surface area (Å²) in [5, 5.41) is 7.77. The quantitative estimate of drug-likeness (QED) is 0.420. The lowest BCUT2D eigenvalue weighted by molar-refractivity contribution is -0.112. The maximum absolute atomic E-state index is 12.6. The maximum Gasteiger partial charge on any atom is 0.296 e. The Morgan fingerprint density at radius 2 is 1.86 bits per heavy atom. The van der Waals surface area contributed by atoms with Crippen molar-refractivity contribution in [2.75, 3.05) is 5.32 Å². The van der Waals surface area contributed by atoms with Gasteiger partial charge in [-0.1, -0.05) is 24.3 Å². The van der Waals surface area contributed by atoms with Gasteiger partial charge in [0.1, 0.15) is 5.01 Å². The van der Waals surface area contributed by atoms with Gasteiger partial charge in [0.25, 0.3) is 11.7 Å². The Balaban J connectivity index is 1.59. The molecule has 1 N–H and O–H groups in total. The molecule has 0 atom stereocenters. The standard InChI is InChI=1S/C21H18N4O2S/c1-12-18(13(2)25(3)24-12)19(26)20(27)22-15-8-6-7-14(11-15)21-23-16-9-4-5-10-17(16)28-21/h4-11H,1-3H3,(H,22,27). The molecular weight excluding hydrogens is 372 g/mol. The van der Waals surface area contributed by atoms with Gasteiger partial charge in [-0.05, 0) is 38.1 Å². The van der Waals surface area contributed by atoms with Crippen molar-refractivity contribution < 1.29 is 9.59 Å². The molecule has 1 amide bonds. The number of amides is 1. The van der Waals surface area contributed by atoms with E-state index in [0.29, 0.717) is 22.6 Å². The summed E-state index contributed by atoms with van der Waals surface area (Å²) in [6.07, 6.45) is 0. The van der Waals surface area contributed by atoms with Crippen molar-refractivity contribution in [3.05, 3.63) is 65.5 Å². The van der Waals surface area contributed by atoms with Gasteiger partial charge in [0.2, 0.25) is 0 Å². The Kier molecular flexibility index (Phi) is 4.52. The second kappa shape index (κ2) is 7.01. The van der Waals surface area contributed by atoms with Crippen LogP contribution in [0.2, 0.25) is 0 Å². The van der Waals surface area contributed by atoms with Gasteiger partial charge < -0.3 is 5.32 Å². The van der Waals surface area contributed by atoms with E-state index in [-0.39, 0.29) is 0 Å². The highest BCUT2D eigenvalue weighted by molar-refractivity contribution is 7.21. The van der Waals surface area contributed by atoms with E-state index < -0.39 is 11.7 Å². The molecule has 2 aromatic heterocycles. The molecule has 0 aliphatic carbocycles. The number of ketones is 1. The number of hydrogen-bond donors (Lipinski definition) is 1. The number of benzene rings is 2. The molecule has 7 heteroatoms. The highest BCUT2D eigenvalue weighted by Gasteiger charge is 2.24. The number of nitrogens with zero attached hydrogens (tertiary/aromatic N) is 3. The van der Waals surface area contributed by atoms with Crippen LogP contribution >= 0.6 is 11.3 Å². The first kappa shape index (κ1) is 18.1. The van der Waals surface area contributed by atoms with Crippen LogP contribution in [0.5, 0.6) is 0 Å². The van der Waals surface area contributed by atoms with Crippen molar-refractivity contribution >= 4 is 38.9 Å². The number of carbonyl (C=O) groups is 2. The predicted molar refractivity (Wildman–Crippen MR) is 111 cm³/mol. The monoisotopic (exact) mass is 390 g/mol. The second-order valence-corrected chi connectivity index (χ2v) is 7.55. The normalized spacial score (nSPS) is 11.0. The third-order valence-corrected chi connectivity index (χ3v) is 5.69. The topological polar surface area (TPSA) is 76.9 Å². The second-order valence-electron chi connectivity index (χ2n) is 6.52. The Morgan fingerprint density at radius 3 is 2.57 bits per heavy atom. The van der Waals surface area contributed by atoms with Gasteiger partial charge in [-0.3, -0.25) is 14.3 Å². The molecule has 140 valence electrons. The fraction of sp³-hybridized carbons (Fsp3) is 0.143. The zero-order valence-corrected chi connectivity index (χ0v) is 16.5. The molecule has 6 nitrogen and oxygen atoms in total. The highest BCUT2D eigenvalue weighted by atomic mass is 32.1. The number of aryl methyl sites for hydroxylation is 2. The van der Waals surface area contributed by atoms with E-state index >= 15 is 0 Å². The minimum Gasteiger partial charge on any atom is -0.319 e. The summed E-state index contributed by atoms with van der Waals surface area (Å²) >= 11 is 1.59. The fourth-order valence-electron chi connectivity index (χ4n) is 3.13. The number of carbonyl (C=O) groups excluding carboxylic acids is 2. The molecule has 0 bridgehead atoms. The van der Waals surface area contributed by atoms with Crippen LogP contribution in [0.15, 0.2) is 48.5 Å². The van der Waals surface area contributed by atoms with Crippen LogP contribution in [0.3, 0.4) is 0 Å². The molecule has 0 saturated carbocycles. The Bertz CT molecular complexity index is 1190. The molecular formula is C21H18N4O2S. The lowest BCUT2D eigenvalue weighted by Gasteiger charge is -2.06. The summed E-state index contributed by atoms with van der Waals surface area (Å²) in [6.45, 7) is 3.50. The van der Waals surface area contributed by atoms with E-state index in [0.717, 1.165) is 20.8 Å². The van der Waals surface area contributed by atoms with Crippen LogP contribution in [0.1, 0.15) is 21.7 Å². The van der Waals surface area contributed by atoms with Crippen molar-refractivity contribution in [1.29, 1.82) is 0 Å². The molecule has 0 aliphatic rings. The van der Waals surface area contributed by atoms with Crippen molar-refractivity contribution in [2.24, 2.45) is 7.05 Å². The number of fused-ring (bicyclic) bond motifs is 1. The van der Waals surface area contributed by atoms with Gasteiger partial charge >= 0.3 is 0 Å². The van der Waals surface area contributed by atoms with Gasteiger partial charge in [0.15, 0.2) is 0 Å². The molecule has 0 unspecified atom stereocenters. The fourth-order valence-corrected chi connectivity index (χ4v) is 4.09. The van der Waals surface area contributed by atoms with Crippen LogP contribution in [0, 0.1) is 13.8 Å². The molecule has 28 heavy (non-hydrogen) atoms. The third kappa shape index (κ3) is 3.20. The number of para-hydroxylation sites is 1. The van der Waals surface area contributed by atoms with Gasteiger partial charge in [-0.15, -0.1) is 11.3 Å². The first-order valence-corrected chi connectivity index (χ1v) is 9.57. The number of aromatic nitrogens is 3. The van der Waals surface area contributed by atoms with E-state index in [9.17, 15) is 9.59 Å². The lowest BCUT2D eigenvalue weighted by atomic mass is 10.1. The number of thiazole rings is 1. The first-order valence-electron chi connectivity index (χ1n) is 8.76. The van der Waals surface area contributed by atoms with Crippen LogP contribution < -0.4 is 5.32 Å². The Morgan fingerprint density at radius 1 is 1.07 bits per heavy atom. The predicted octanol–water partition coefficient (Wildman–Crippen LogP) is 4.14. The first-order chi connectivity index (χ1) is 13.4. The van der Waals surface area contributed by atoms with E-state index in [1.54, 1.807) is 43.0 Å². The van der Waals surface area contributed by atoms with Gasteiger partial charge in [0.05, 0.1) is 21.5 Å². The van der Waals surface area contributed by atoms with Crippen LogP contribution in [0.25, 0.3) is 20.8 Å². The van der Waals surface area contributed by atoms with Gasteiger partial charge in [-0.25, -0.2) is 4.98 Å². The Hall–Kier alpha value is -3.32. The zero-order valence-electron chi connectivity index (χ0n) is 15.7. The Labute approximate surface area is 165 Å². The van der Waals surface area contributed by atoms with Crippen molar-refractivity contribution in [3.63, 3.8) is 0 Å². The van der Waals surface area contributed by atoms with E-state index in [4.69, 9.17) is 0 Å². The number of hydrogen-bond acceptors (Lipinski definition) is 5. The third-order valence-electron chi connectivity index (χ3n) is 4.60. The summed E-state index contributed by atoms with van der Waals surface area (Å²) in [5.74, 6) is -1.27. The largest absolute Gasteiger partial charge is 0.319 e. The summed E-state index contributed by atoms with van der Waals surface area (Å²) < 4.78 is 2.70. The summed E-state index contributed by atoms with van der Waals surface area (Å²) in [5.41, 5.74) is 3.94. The molecule has 0 spiro atoms. The maximum atomic E-state index is 12.6. The summed E-state index contributed by atoms with van der Waals surface area (Å²) in [7, 11) is 1.75. The average molecular weight is 390 g/mol. The molecule has 0 saturated heterocycles. The molecule has 2 aromatic carbocycles. The smallest absolute Gasteiger partial charge is 0.296 e. The highest BCUT2D eigenvalue weighted by Crippen LogP contribution is 2.31. The van der Waals surface area contributed by atoms with Crippen LogP contribution in [0.4, 0.5) is 5.69 Å². The minimum absolute atomic E-state index is 0.349. The van der Waals surface area contributed by atoms with Crippen LogP contribution in [-0.4, -0.2) is 26.5 Å². The number of nitrogens with one attached hydrogen (secondary N) is 1. The molecule has 0 aliphatic heterocycles. The minimum atomic E-state index is -0.680. The van der Waals surface area contributed by atoms with E-state index in [2.05, 4.69) is 15.4 Å². The number of anilines is 1. The molecule has 2 heterocycles. The summed E-state index contributed by atoms with van der Waals surface area (Å²) in [6, 6.07) is 15.3. The molecule has 0 fully saturated rings. The van der Waals surface area contributed by atoms with Crippen molar-refractivity contribution in [3.8, 4) is 10.6 Å². The summed E-state index contributed by atoms with van der Waals surface area (Å²) in [4.78, 5) is 29.7. The average Bonchev–Trinajstić information content (AvgIpc) is 3.22. The van der Waals surface area contributed by atoms with E-state index in [1.165, 1.54) is 0 Å². The van der Waals surface area contributed by atoms with Gasteiger partial charge in [0, 0.05) is 24.0 Å². The SMILES string of the molecule is Cc1nn(C)c(C)c1C(=O)C(=O)Nc1cccc(-c2nc3ccccc3s2)c1. The van der Waals surface area contributed by atoms with Crippen molar-refractivity contribution in [1.82, 2.24) is 14.8 Å². The lowest BCUT2D eigenvalue weighted by Crippen LogP contribution is -2.24. The van der Waals surface area contributed by atoms with E-state index in [1.807, 2.05) is 42.5 Å². The molecule has 4 aromatic rings. The van der Waals surface area contributed by atoms with Gasteiger partial charge in [-0.2, -0.15) is 5.10 Å². The number of rotatable bonds is 4. The zero-order chi connectivity index (χ0) is 19.8. The van der Waals surface area contributed by atoms with Crippen LogP contribution in [-0.2, 0) is 11.8 Å². The molecule has 4 rings (SSSR count). The van der Waals surface area contributed by atoms with Crippen molar-refractivity contribution in [2.45, 2.75) is 13.8 Å². The number of Topliss-reactive ketones (excluding diaryl/α,β-unsaturated/α-hetero) is 1. The molecule has 0 radical (unpaired) electrons.